The predicted molar refractivity (Wildman–Crippen MR) is 125 cm³/mol. The van der Waals surface area contributed by atoms with Crippen LogP contribution in [0.1, 0.15) is 36.0 Å². The Balaban J connectivity index is 1.60. The van der Waals surface area contributed by atoms with Gasteiger partial charge in [-0.1, -0.05) is 48.7 Å². The van der Waals surface area contributed by atoms with Crippen molar-refractivity contribution in [1.82, 2.24) is 9.97 Å². The molecule has 31 heavy (non-hydrogen) atoms. The zero-order chi connectivity index (χ0) is 21.8. The van der Waals surface area contributed by atoms with Crippen LogP contribution >= 0.6 is 11.6 Å². The Morgan fingerprint density at radius 2 is 1.84 bits per heavy atom. The Morgan fingerprint density at radius 1 is 1.06 bits per heavy atom. The number of benzene rings is 2. The van der Waals surface area contributed by atoms with Gasteiger partial charge in [0, 0.05) is 29.0 Å². The predicted octanol–water partition coefficient (Wildman–Crippen LogP) is 4.32. The number of halogens is 1. The summed E-state index contributed by atoms with van der Waals surface area (Å²) in [5, 5.41) is 7.21. The Bertz CT molecular complexity index is 1070. The summed E-state index contributed by atoms with van der Waals surface area (Å²) in [4.78, 5) is 20.7. The normalized spacial score (nSPS) is 18.4. The summed E-state index contributed by atoms with van der Waals surface area (Å²) >= 11 is 5.99. The molecule has 3 aromatic rings. The molecule has 0 saturated heterocycles. The van der Waals surface area contributed by atoms with Gasteiger partial charge in [0.1, 0.15) is 11.4 Å². The van der Waals surface area contributed by atoms with E-state index in [1.54, 1.807) is 0 Å². The summed E-state index contributed by atoms with van der Waals surface area (Å²) in [5.41, 5.74) is 14.8. The van der Waals surface area contributed by atoms with Crippen LogP contribution in [-0.2, 0) is 0 Å². The van der Waals surface area contributed by atoms with E-state index < -0.39 is 5.91 Å². The summed E-state index contributed by atoms with van der Waals surface area (Å²) in [5.74, 6) is 0.170. The van der Waals surface area contributed by atoms with Crippen molar-refractivity contribution in [2.24, 2.45) is 11.5 Å². The van der Waals surface area contributed by atoms with E-state index in [9.17, 15) is 4.79 Å². The molecule has 1 aromatic heterocycles. The van der Waals surface area contributed by atoms with E-state index in [0.29, 0.717) is 16.8 Å². The molecule has 0 bridgehead atoms. The maximum absolute atomic E-state index is 11.9. The average Bonchev–Trinajstić information content (AvgIpc) is 2.76. The van der Waals surface area contributed by atoms with Gasteiger partial charge in [-0.2, -0.15) is 4.98 Å². The van der Waals surface area contributed by atoms with Gasteiger partial charge in [-0.15, -0.1) is 0 Å². The Labute approximate surface area is 186 Å². The number of primary amides is 1. The van der Waals surface area contributed by atoms with Crippen molar-refractivity contribution in [3.05, 3.63) is 65.3 Å². The number of nitrogens with two attached hydrogens (primary N) is 2. The number of amides is 1. The highest BCUT2D eigenvalue weighted by Crippen LogP contribution is 2.27. The van der Waals surface area contributed by atoms with E-state index in [4.69, 9.17) is 23.1 Å². The van der Waals surface area contributed by atoms with Crippen LogP contribution in [0.2, 0.25) is 5.02 Å². The third-order valence-electron chi connectivity index (χ3n) is 5.49. The molecule has 0 aliphatic heterocycles. The fourth-order valence-electron chi connectivity index (χ4n) is 3.79. The van der Waals surface area contributed by atoms with Gasteiger partial charge in [0.15, 0.2) is 0 Å². The summed E-state index contributed by atoms with van der Waals surface area (Å²) in [7, 11) is 0. The van der Waals surface area contributed by atoms with Crippen molar-refractivity contribution in [2.45, 2.75) is 37.8 Å². The second-order valence-corrected chi connectivity index (χ2v) is 8.17. The Kier molecular flexibility index (Phi) is 6.34. The lowest BCUT2D eigenvalue weighted by atomic mass is 9.91. The zero-order valence-corrected chi connectivity index (χ0v) is 17.8. The van der Waals surface area contributed by atoms with Crippen molar-refractivity contribution in [3.63, 3.8) is 0 Å². The summed E-state index contributed by atoms with van der Waals surface area (Å²) < 4.78 is 0. The molecular weight excluding hydrogens is 412 g/mol. The lowest BCUT2D eigenvalue weighted by molar-refractivity contribution is 0.100. The number of hydrogen-bond donors (Lipinski definition) is 4. The van der Waals surface area contributed by atoms with Crippen molar-refractivity contribution < 1.29 is 4.79 Å². The quantitative estimate of drug-likeness (QED) is 0.456. The molecule has 2 aromatic carbocycles. The van der Waals surface area contributed by atoms with Crippen LogP contribution in [0.15, 0.2) is 54.7 Å². The molecule has 160 valence electrons. The molecule has 4 rings (SSSR count). The van der Waals surface area contributed by atoms with Crippen LogP contribution in [0, 0.1) is 0 Å². The maximum atomic E-state index is 11.9. The van der Waals surface area contributed by atoms with E-state index in [0.717, 1.165) is 42.5 Å². The van der Waals surface area contributed by atoms with Crippen molar-refractivity contribution in [3.8, 4) is 11.1 Å². The molecule has 6 N–H and O–H groups in total. The first-order valence-corrected chi connectivity index (χ1v) is 10.7. The Hall–Kier alpha value is -3.16. The van der Waals surface area contributed by atoms with E-state index in [1.807, 2.05) is 48.5 Å². The van der Waals surface area contributed by atoms with E-state index in [2.05, 4.69) is 20.6 Å². The van der Waals surface area contributed by atoms with Crippen LogP contribution < -0.4 is 22.1 Å². The molecule has 1 aliphatic carbocycles. The lowest BCUT2D eigenvalue weighted by Crippen LogP contribution is -2.43. The first-order chi connectivity index (χ1) is 15.0. The van der Waals surface area contributed by atoms with Gasteiger partial charge >= 0.3 is 0 Å². The van der Waals surface area contributed by atoms with Gasteiger partial charge in [0.05, 0.1) is 0 Å². The standard InChI is InChI=1S/C23H25ClN6O/c24-16-10-8-14(9-11-16)15-4-3-5-17(12-15)28-22-18(21(26)31)13-27-23(30-22)29-20-7-2-1-6-19(20)25/h3-5,8-13,19-20H,1-2,6-7,25H2,(H2,26,31)(H2,27,28,29,30). The van der Waals surface area contributed by atoms with E-state index in [1.165, 1.54) is 6.20 Å². The topological polar surface area (TPSA) is 119 Å². The van der Waals surface area contributed by atoms with Crippen molar-refractivity contribution in [2.75, 3.05) is 10.6 Å². The molecule has 1 amide bonds. The zero-order valence-electron chi connectivity index (χ0n) is 17.0. The molecular formula is C23H25ClN6O. The highest BCUT2D eigenvalue weighted by atomic mass is 35.5. The number of hydrogen-bond acceptors (Lipinski definition) is 6. The number of aromatic nitrogens is 2. The van der Waals surface area contributed by atoms with Crippen molar-refractivity contribution >= 4 is 35.0 Å². The second-order valence-electron chi connectivity index (χ2n) is 7.73. The fourth-order valence-corrected chi connectivity index (χ4v) is 3.91. The highest BCUT2D eigenvalue weighted by Gasteiger charge is 2.23. The molecule has 1 saturated carbocycles. The SMILES string of the molecule is NC(=O)c1cnc(NC2CCCCC2N)nc1Nc1cccc(-c2ccc(Cl)cc2)c1. The van der Waals surface area contributed by atoms with Gasteiger partial charge in [0.2, 0.25) is 5.95 Å². The number of rotatable bonds is 6. The minimum Gasteiger partial charge on any atom is -0.365 e. The average molecular weight is 437 g/mol. The van der Waals surface area contributed by atoms with Crippen LogP contribution in [0.3, 0.4) is 0 Å². The molecule has 1 aliphatic rings. The molecule has 0 radical (unpaired) electrons. The molecule has 2 atom stereocenters. The first-order valence-electron chi connectivity index (χ1n) is 10.3. The highest BCUT2D eigenvalue weighted by molar-refractivity contribution is 6.30. The third-order valence-corrected chi connectivity index (χ3v) is 5.74. The summed E-state index contributed by atoms with van der Waals surface area (Å²) in [6, 6.07) is 15.6. The molecule has 2 unspecified atom stereocenters. The van der Waals surface area contributed by atoms with Gasteiger partial charge < -0.3 is 22.1 Å². The van der Waals surface area contributed by atoms with Crippen LogP contribution in [0.25, 0.3) is 11.1 Å². The number of nitrogens with one attached hydrogen (secondary N) is 2. The first kappa shape index (κ1) is 21.1. The summed E-state index contributed by atoms with van der Waals surface area (Å²) in [6.07, 6.45) is 5.63. The van der Waals surface area contributed by atoms with Crippen LogP contribution in [0.5, 0.6) is 0 Å². The minimum absolute atomic E-state index is 0.0561. The second kappa shape index (κ2) is 9.32. The van der Waals surface area contributed by atoms with Crippen LogP contribution in [-0.4, -0.2) is 28.0 Å². The molecule has 8 heteroatoms. The van der Waals surface area contributed by atoms with Crippen LogP contribution in [0.4, 0.5) is 17.5 Å². The number of carbonyl (C=O) groups is 1. The Morgan fingerprint density at radius 3 is 2.58 bits per heavy atom. The van der Waals surface area contributed by atoms with Gasteiger partial charge in [-0.05, 0) is 48.2 Å². The van der Waals surface area contributed by atoms with Gasteiger partial charge in [-0.3, -0.25) is 4.79 Å². The van der Waals surface area contributed by atoms with E-state index in [-0.39, 0.29) is 17.6 Å². The van der Waals surface area contributed by atoms with Gasteiger partial charge in [0.25, 0.3) is 5.91 Å². The maximum Gasteiger partial charge on any atom is 0.254 e. The van der Waals surface area contributed by atoms with Crippen molar-refractivity contribution in [1.29, 1.82) is 0 Å². The number of carbonyl (C=O) groups excluding carboxylic acids is 1. The largest absolute Gasteiger partial charge is 0.365 e. The third kappa shape index (κ3) is 5.13. The van der Waals surface area contributed by atoms with Gasteiger partial charge in [-0.25, -0.2) is 4.98 Å². The molecule has 0 spiro atoms. The van der Waals surface area contributed by atoms with E-state index >= 15 is 0 Å². The number of nitrogens with zero attached hydrogens (tertiary/aromatic N) is 2. The minimum atomic E-state index is -0.600. The number of anilines is 3. The smallest absolute Gasteiger partial charge is 0.254 e. The monoisotopic (exact) mass is 436 g/mol. The molecule has 1 heterocycles. The summed E-state index contributed by atoms with van der Waals surface area (Å²) in [6.45, 7) is 0. The fraction of sp³-hybridized carbons (Fsp3) is 0.261. The lowest BCUT2D eigenvalue weighted by Gasteiger charge is -2.29. The molecule has 1 fully saturated rings. The molecule has 7 nitrogen and oxygen atoms in total.